The molecule has 96 valence electrons. The van der Waals surface area contributed by atoms with E-state index in [9.17, 15) is 5.11 Å². The summed E-state index contributed by atoms with van der Waals surface area (Å²) in [6, 6.07) is 7.49. The van der Waals surface area contributed by atoms with E-state index >= 15 is 0 Å². The second kappa shape index (κ2) is 6.47. The highest BCUT2D eigenvalue weighted by Gasteiger charge is 2.21. The van der Waals surface area contributed by atoms with Crippen LogP contribution in [0.1, 0.15) is 13.8 Å². The van der Waals surface area contributed by atoms with E-state index in [2.05, 4.69) is 5.32 Å². The van der Waals surface area contributed by atoms with E-state index in [1.807, 2.05) is 38.1 Å². The van der Waals surface area contributed by atoms with Crippen molar-refractivity contribution in [2.75, 3.05) is 26.9 Å². The molecule has 0 aliphatic carbocycles. The number of aliphatic hydroxyl groups is 1. The summed E-state index contributed by atoms with van der Waals surface area (Å²) in [5.41, 5.74) is -0.429. The minimum atomic E-state index is -0.429. The summed E-state index contributed by atoms with van der Waals surface area (Å²) >= 11 is 0. The van der Waals surface area contributed by atoms with Gasteiger partial charge in [-0.25, -0.2) is 0 Å². The van der Waals surface area contributed by atoms with Crippen LogP contribution in [-0.4, -0.2) is 37.5 Å². The van der Waals surface area contributed by atoms with Crippen LogP contribution in [0.5, 0.6) is 11.5 Å². The van der Waals surface area contributed by atoms with Gasteiger partial charge in [-0.05, 0) is 33.0 Å². The Morgan fingerprint density at radius 2 is 1.94 bits per heavy atom. The Balaban J connectivity index is 2.59. The molecule has 0 amide bonds. The standard InChI is InChI=1S/C13H21NO3/c1-4-16-11-6-5-7-12(8-11)17-10-13(2,9-15)14-3/h5-8,14-15H,4,9-10H2,1-3H3. The van der Waals surface area contributed by atoms with Gasteiger partial charge in [-0.1, -0.05) is 6.07 Å². The summed E-state index contributed by atoms with van der Waals surface area (Å²) in [5.74, 6) is 1.53. The molecule has 0 fully saturated rings. The lowest BCUT2D eigenvalue weighted by Gasteiger charge is -2.26. The van der Waals surface area contributed by atoms with Crippen molar-refractivity contribution >= 4 is 0 Å². The molecule has 1 aromatic carbocycles. The van der Waals surface area contributed by atoms with E-state index in [1.54, 1.807) is 7.05 Å². The van der Waals surface area contributed by atoms with Crippen LogP contribution in [0.4, 0.5) is 0 Å². The average Bonchev–Trinajstić information content (AvgIpc) is 2.37. The molecule has 1 unspecified atom stereocenters. The Morgan fingerprint density at radius 1 is 1.29 bits per heavy atom. The van der Waals surface area contributed by atoms with Crippen LogP contribution in [0.2, 0.25) is 0 Å². The number of ether oxygens (including phenoxy) is 2. The monoisotopic (exact) mass is 239 g/mol. The Kier molecular flexibility index (Phi) is 5.25. The van der Waals surface area contributed by atoms with Gasteiger partial charge in [0.15, 0.2) is 0 Å². The first-order valence-electron chi connectivity index (χ1n) is 5.79. The number of aliphatic hydroxyl groups excluding tert-OH is 1. The van der Waals surface area contributed by atoms with Crippen molar-refractivity contribution in [1.29, 1.82) is 0 Å². The summed E-state index contributed by atoms with van der Waals surface area (Å²) < 4.78 is 11.0. The quantitative estimate of drug-likeness (QED) is 0.756. The Hall–Kier alpha value is -1.26. The van der Waals surface area contributed by atoms with Crippen molar-refractivity contribution in [1.82, 2.24) is 5.32 Å². The van der Waals surface area contributed by atoms with Crippen LogP contribution >= 0.6 is 0 Å². The molecule has 1 atom stereocenters. The topological polar surface area (TPSA) is 50.7 Å². The lowest BCUT2D eigenvalue weighted by atomic mass is 10.1. The predicted molar refractivity (Wildman–Crippen MR) is 67.7 cm³/mol. The Labute approximate surface area is 103 Å². The smallest absolute Gasteiger partial charge is 0.123 e. The SMILES string of the molecule is CCOc1cccc(OCC(C)(CO)NC)c1. The third-order valence-electron chi connectivity index (χ3n) is 2.63. The Morgan fingerprint density at radius 3 is 2.47 bits per heavy atom. The molecule has 4 heteroatoms. The third-order valence-corrected chi connectivity index (χ3v) is 2.63. The molecule has 0 saturated carbocycles. The molecule has 0 saturated heterocycles. The van der Waals surface area contributed by atoms with Crippen LogP contribution in [0.25, 0.3) is 0 Å². The molecule has 4 nitrogen and oxygen atoms in total. The minimum Gasteiger partial charge on any atom is -0.494 e. The maximum atomic E-state index is 9.23. The second-order valence-corrected chi connectivity index (χ2v) is 4.17. The summed E-state index contributed by atoms with van der Waals surface area (Å²) in [7, 11) is 1.80. The Bertz CT molecular complexity index is 337. The highest BCUT2D eigenvalue weighted by molar-refractivity contribution is 5.33. The van der Waals surface area contributed by atoms with Crippen LogP contribution in [-0.2, 0) is 0 Å². The van der Waals surface area contributed by atoms with Crippen LogP contribution in [0.3, 0.4) is 0 Å². The van der Waals surface area contributed by atoms with Gasteiger partial charge in [0.2, 0.25) is 0 Å². The molecule has 0 aliphatic rings. The number of rotatable bonds is 7. The largest absolute Gasteiger partial charge is 0.494 e. The van der Waals surface area contributed by atoms with Crippen LogP contribution in [0.15, 0.2) is 24.3 Å². The second-order valence-electron chi connectivity index (χ2n) is 4.17. The first-order valence-corrected chi connectivity index (χ1v) is 5.79. The van der Waals surface area contributed by atoms with Crippen molar-refractivity contribution < 1.29 is 14.6 Å². The average molecular weight is 239 g/mol. The van der Waals surface area contributed by atoms with Gasteiger partial charge in [-0.3, -0.25) is 0 Å². The molecular weight excluding hydrogens is 218 g/mol. The van der Waals surface area contributed by atoms with Gasteiger partial charge >= 0.3 is 0 Å². The van der Waals surface area contributed by atoms with Crippen LogP contribution < -0.4 is 14.8 Å². The summed E-state index contributed by atoms with van der Waals surface area (Å²) in [6.45, 7) is 4.90. The summed E-state index contributed by atoms with van der Waals surface area (Å²) in [5, 5.41) is 12.3. The molecule has 1 rings (SSSR count). The van der Waals surface area contributed by atoms with Crippen molar-refractivity contribution in [2.24, 2.45) is 0 Å². The number of nitrogens with one attached hydrogen (secondary N) is 1. The number of likely N-dealkylation sites (N-methyl/N-ethyl adjacent to an activating group) is 1. The van der Waals surface area contributed by atoms with Gasteiger partial charge < -0.3 is 19.9 Å². The fraction of sp³-hybridized carbons (Fsp3) is 0.538. The zero-order valence-electron chi connectivity index (χ0n) is 10.7. The van der Waals surface area contributed by atoms with Gasteiger partial charge in [0.05, 0.1) is 18.8 Å². The molecule has 2 N–H and O–H groups in total. The minimum absolute atomic E-state index is 0.0225. The van der Waals surface area contributed by atoms with Gasteiger partial charge in [0, 0.05) is 6.07 Å². The zero-order chi connectivity index (χ0) is 12.7. The fourth-order valence-electron chi connectivity index (χ4n) is 1.26. The molecule has 0 radical (unpaired) electrons. The molecule has 0 heterocycles. The molecule has 0 aromatic heterocycles. The summed E-state index contributed by atoms with van der Waals surface area (Å²) in [6.07, 6.45) is 0. The molecule has 0 spiro atoms. The fourth-order valence-corrected chi connectivity index (χ4v) is 1.26. The van der Waals surface area contributed by atoms with Crippen molar-refractivity contribution in [3.05, 3.63) is 24.3 Å². The molecule has 1 aromatic rings. The zero-order valence-corrected chi connectivity index (χ0v) is 10.7. The lowest BCUT2D eigenvalue weighted by molar-refractivity contribution is 0.122. The highest BCUT2D eigenvalue weighted by Crippen LogP contribution is 2.20. The highest BCUT2D eigenvalue weighted by atomic mass is 16.5. The predicted octanol–water partition coefficient (Wildman–Crippen LogP) is 1.43. The van der Waals surface area contributed by atoms with E-state index in [-0.39, 0.29) is 6.61 Å². The van der Waals surface area contributed by atoms with Crippen molar-refractivity contribution in [3.8, 4) is 11.5 Å². The molecule has 0 aliphatic heterocycles. The van der Waals surface area contributed by atoms with Crippen molar-refractivity contribution in [2.45, 2.75) is 19.4 Å². The number of hydrogen-bond acceptors (Lipinski definition) is 4. The molecule has 0 bridgehead atoms. The first-order chi connectivity index (χ1) is 8.13. The first kappa shape index (κ1) is 13.8. The third kappa shape index (κ3) is 4.24. The maximum absolute atomic E-state index is 9.23. The van der Waals surface area contributed by atoms with E-state index in [1.165, 1.54) is 0 Å². The van der Waals surface area contributed by atoms with Gasteiger partial charge in [0.1, 0.15) is 18.1 Å². The van der Waals surface area contributed by atoms with E-state index in [0.29, 0.717) is 13.2 Å². The van der Waals surface area contributed by atoms with E-state index in [0.717, 1.165) is 11.5 Å². The van der Waals surface area contributed by atoms with Crippen molar-refractivity contribution in [3.63, 3.8) is 0 Å². The normalized spacial score (nSPS) is 14.1. The van der Waals surface area contributed by atoms with Gasteiger partial charge in [-0.2, -0.15) is 0 Å². The molecule has 17 heavy (non-hydrogen) atoms. The summed E-state index contributed by atoms with van der Waals surface area (Å²) in [4.78, 5) is 0. The maximum Gasteiger partial charge on any atom is 0.123 e. The van der Waals surface area contributed by atoms with Crippen LogP contribution in [0, 0.1) is 0 Å². The molecular formula is C13H21NO3. The van der Waals surface area contributed by atoms with Gasteiger partial charge in [-0.15, -0.1) is 0 Å². The lowest BCUT2D eigenvalue weighted by Crippen LogP contribution is -2.48. The van der Waals surface area contributed by atoms with E-state index in [4.69, 9.17) is 9.47 Å². The van der Waals surface area contributed by atoms with E-state index < -0.39 is 5.54 Å². The number of benzene rings is 1. The van der Waals surface area contributed by atoms with Gasteiger partial charge in [0.25, 0.3) is 0 Å². The number of hydrogen-bond donors (Lipinski definition) is 2.